The molecule has 0 aliphatic carbocycles. The Morgan fingerprint density at radius 1 is 1.13 bits per heavy atom. The summed E-state index contributed by atoms with van der Waals surface area (Å²) in [6.45, 7) is 4.00. The summed E-state index contributed by atoms with van der Waals surface area (Å²) >= 11 is 0. The van der Waals surface area contributed by atoms with Gasteiger partial charge in [0.25, 0.3) is 0 Å². The highest BCUT2D eigenvalue weighted by Gasteiger charge is 2.47. The molecule has 0 saturated carbocycles. The molecule has 2 saturated heterocycles. The second-order valence-electron chi connectivity index (χ2n) is 7.65. The Balaban J connectivity index is 1.54. The van der Waals surface area contributed by atoms with Crippen molar-refractivity contribution in [1.29, 1.82) is 0 Å². The molecular weight excluding hydrogens is 288 g/mol. The number of aromatic nitrogens is 1. The lowest BCUT2D eigenvalue weighted by atomic mass is 9.82. The molecule has 4 heterocycles. The van der Waals surface area contributed by atoms with Crippen LogP contribution in [-0.2, 0) is 15.9 Å². The second kappa shape index (κ2) is 5.07. The zero-order valence-electron chi connectivity index (χ0n) is 13.8. The highest BCUT2D eigenvalue weighted by molar-refractivity contribution is 5.85. The number of aromatic amines is 1. The molecule has 2 aromatic rings. The molecule has 0 radical (unpaired) electrons. The van der Waals surface area contributed by atoms with Crippen molar-refractivity contribution in [3.63, 3.8) is 0 Å². The molecule has 2 fully saturated rings. The summed E-state index contributed by atoms with van der Waals surface area (Å²) in [5.41, 5.74) is 4.32. The summed E-state index contributed by atoms with van der Waals surface area (Å²) in [4.78, 5) is 3.75. The fourth-order valence-corrected chi connectivity index (χ4v) is 5.01. The second-order valence-corrected chi connectivity index (χ2v) is 7.65. The molecule has 1 aromatic carbocycles. The minimum atomic E-state index is 0.0264. The molecule has 0 unspecified atom stereocenters. The van der Waals surface area contributed by atoms with Crippen molar-refractivity contribution in [2.45, 2.75) is 31.6 Å². The van der Waals surface area contributed by atoms with Crippen LogP contribution in [0, 0.1) is 5.92 Å². The summed E-state index contributed by atoms with van der Waals surface area (Å²) in [6.07, 6.45) is 3.60. The lowest BCUT2D eigenvalue weighted by Gasteiger charge is -2.49. The van der Waals surface area contributed by atoms with E-state index in [1.165, 1.54) is 53.4 Å². The van der Waals surface area contributed by atoms with Crippen LogP contribution in [0.1, 0.15) is 30.1 Å². The number of H-pyrrole nitrogens is 1. The Morgan fingerprint density at radius 2 is 1.96 bits per heavy atom. The predicted molar refractivity (Wildman–Crippen MR) is 89.1 cm³/mol. The third-order valence-electron chi connectivity index (χ3n) is 6.37. The number of rotatable bonds is 1. The van der Waals surface area contributed by atoms with Crippen LogP contribution in [0.2, 0.25) is 0 Å². The van der Waals surface area contributed by atoms with Gasteiger partial charge in [-0.25, -0.2) is 0 Å². The quantitative estimate of drug-likeness (QED) is 0.821. The highest BCUT2D eigenvalue weighted by Crippen LogP contribution is 2.46. The summed E-state index contributed by atoms with van der Waals surface area (Å²) in [5.74, 6) is 0.533. The largest absolute Gasteiger partial charge is 0.353 e. The fourth-order valence-electron chi connectivity index (χ4n) is 5.01. The zero-order chi connectivity index (χ0) is 15.4. The van der Waals surface area contributed by atoms with E-state index in [4.69, 9.17) is 9.47 Å². The van der Waals surface area contributed by atoms with Gasteiger partial charge in [-0.2, -0.15) is 0 Å². The molecule has 4 heteroatoms. The summed E-state index contributed by atoms with van der Waals surface area (Å²) in [7, 11) is 2.44. The van der Waals surface area contributed by atoms with Crippen molar-refractivity contribution < 1.29 is 14.0 Å². The lowest BCUT2D eigenvalue weighted by molar-refractivity contribution is -0.948. The number of benzene rings is 1. The van der Waals surface area contributed by atoms with Crippen LogP contribution in [0.4, 0.5) is 0 Å². The van der Waals surface area contributed by atoms with E-state index < -0.39 is 0 Å². The van der Waals surface area contributed by atoms with Crippen molar-refractivity contribution in [2.75, 3.05) is 33.4 Å². The number of quaternary nitrogens is 1. The maximum atomic E-state index is 5.81. The monoisotopic (exact) mass is 313 g/mol. The third-order valence-corrected chi connectivity index (χ3v) is 6.37. The number of ether oxygens (including phenoxy) is 2. The zero-order valence-corrected chi connectivity index (χ0v) is 13.8. The van der Waals surface area contributed by atoms with E-state index in [1.807, 2.05) is 0 Å². The van der Waals surface area contributed by atoms with E-state index >= 15 is 0 Å². The van der Waals surface area contributed by atoms with E-state index in [0.717, 1.165) is 13.2 Å². The first kappa shape index (κ1) is 14.0. The number of fused-ring (bicyclic) bond motifs is 5. The summed E-state index contributed by atoms with van der Waals surface area (Å²) < 4.78 is 12.8. The third kappa shape index (κ3) is 2.09. The first-order valence-corrected chi connectivity index (χ1v) is 8.91. The molecule has 5 rings (SSSR count). The van der Waals surface area contributed by atoms with E-state index in [2.05, 4.69) is 36.3 Å². The minimum absolute atomic E-state index is 0.0264. The molecule has 1 aromatic heterocycles. The van der Waals surface area contributed by atoms with E-state index in [9.17, 15) is 0 Å². The van der Waals surface area contributed by atoms with Crippen LogP contribution >= 0.6 is 0 Å². The number of likely N-dealkylation sites (N-methyl/N-ethyl adjacent to an activating group) is 1. The average Bonchev–Trinajstić information content (AvgIpc) is 3.21. The Hall–Kier alpha value is -1.36. The van der Waals surface area contributed by atoms with Crippen molar-refractivity contribution in [1.82, 2.24) is 4.98 Å². The molecule has 122 valence electrons. The Morgan fingerprint density at radius 3 is 2.83 bits per heavy atom. The van der Waals surface area contributed by atoms with E-state index in [1.54, 1.807) is 5.56 Å². The van der Waals surface area contributed by atoms with Gasteiger partial charge in [-0.1, -0.05) is 18.2 Å². The van der Waals surface area contributed by atoms with Crippen LogP contribution in [0.15, 0.2) is 24.3 Å². The van der Waals surface area contributed by atoms with Gasteiger partial charge < -0.3 is 18.9 Å². The highest BCUT2D eigenvalue weighted by atomic mass is 16.7. The van der Waals surface area contributed by atoms with Crippen LogP contribution in [0.3, 0.4) is 0 Å². The Kier molecular flexibility index (Phi) is 3.09. The first-order chi connectivity index (χ1) is 11.2. The van der Waals surface area contributed by atoms with Crippen molar-refractivity contribution >= 4 is 10.9 Å². The van der Waals surface area contributed by atoms with Crippen LogP contribution in [0.25, 0.3) is 10.9 Å². The van der Waals surface area contributed by atoms with Crippen LogP contribution in [0.5, 0.6) is 0 Å². The SMILES string of the molecule is C[N@@+]12CCc3c([nH]c4ccccc34)[C@@H]1C[C@@H](C1OCCO1)CC2. The molecule has 3 aliphatic rings. The molecule has 4 nitrogen and oxygen atoms in total. The van der Waals surface area contributed by atoms with Gasteiger partial charge in [0.15, 0.2) is 6.29 Å². The smallest absolute Gasteiger partial charge is 0.161 e. The standard InChI is InChI=1S/C19H25N2O2/c1-21-8-6-13(19-22-10-11-23-19)12-17(21)18-15(7-9-21)14-4-2-3-5-16(14)20-18/h2-5,13,17,19-20H,6-12H2,1H3/q+1/t13-,17-,21+/m0/s1. The van der Waals surface area contributed by atoms with E-state index in [0.29, 0.717) is 12.0 Å². The molecule has 0 bridgehead atoms. The Labute approximate surface area is 137 Å². The summed E-state index contributed by atoms with van der Waals surface area (Å²) in [6, 6.07) is 9.31. The number of hydrogen-bond donors (Lipinski definition) is 1. The molecule has 3 atom stereocenters. The molecule has 0 amide bonds. The maximum absolute atomic E-state index is 5.81. The first-order valence-electron chi connectivity index (χ1n) is 8.91. The lowest BCUT2D eigenvalue weighted by Crippen LogP contribution is -2.56. The Bertz CT molecular complexity index is 734. The molecule has 3 aliphatic heterocycles. The van der Waals surface area contributed by atoms with E-state index in [-0.39, 0.29) is 6.29 Å². The number of para-hydroxylation sites is 1. The number of nitrogens with one attached hydrogen (secondary N) is 1. The number of nitrogens with zero attached hydrogens (tertiary/aromatic N) is 1. The predicted octanol–water partition coefficient (Wildman–Crippen LogP) is 2.99. The fraction of sp³-hybridized carbons (Fsp3) is 0.579. The number of hydrogen-bond acceptors (Lipinski definition) is 2. The topological polar surface area (TPSA) is 34.2 Å². The van der Waals surface area contributed by atoms with Gasteiger partial charge in [0.2, 0.25) is 0 Å². The van der Waals surface area contributed by atoms with Crippen molar-refractivity contribution in [3.8, 4) is 0 Å². The molecule has 0 spiro atoms. The number of piperidine rings is 1. The van der Waals surface area contributed by atoms with Gasteiger partial charge in [-0.05, 0) is 11.6 Å². The van der Waals surface area contributed by atoms with Gasteiger partial charge in [-0.3, -0.25) is 0 Å². The molecular formula is C19H25N2O2+. The average molecular weight is 313 g/mol. The molecule has 23 heavy (non-hydrogen) atoms. The van der Waals surface area contributed by atoms with Crippen LogP contribution in [-0.4, -0.2) is 49.1 Å². The van der Waals surface area contributed by atoms with Gasteiger partial charge in [0.1, 0.15) is 6.04 Å². The van der Waals surface area contributed by atoms with Gasteiger partial charge >= 0.3 is 0 Å². The normalized spacial score (nSPS) is 34.5. The van der Waals surface area contributed by atoms with Gasteiger partial charge in [0, 0.05) is 36.1 Å². The van der Waals surface area contributed by atoms with Crippen LogP contribution < -0.4 is 0 Å². The van der Waals surface area contributed by atoms with Gasteiger partial charge in [-0.15, -0.1) is 0 Å². The van der Waals surface area contributed by atoms with Gasteiger partial charge in [0.05, 0.1) is 39.0 Å². The van der Waals surface area contributed by atoms with Crippen molar-refractivity contribution in [2.24, 2.45) is 5.92 Å². The molecule has 1 N–H and O–H groups in total. The minimum Gasteiger partial charge on any atom is -0.353 e. The summed E-state index contributed by atoms with van der Waals surface area (Å²) in [5, 5.41) is 1.42. The maximum Gasteiger partial charge on any atom is 0.161 e. The van der Waals surface area contributed by atoms with Crippen molar-refractivity contribution in [3.05, 3.63) is 35.5 Å².